The van der Waals surface area contributed by atoms with Crippen molar-refractivity contribution in [2.24, 2.45) is 0 Å². The van der Waals surface area contributed by atoms with Crippen LogP contribution >= 0.6 is 0 Å². The smallest absolute Gasteiger partial charge is 0.251 e. The van der Waals surface area contributed by atoms with Gasteiger partial charge in [0.1, 0.15) is 0 Å². The van der Waals surface area contributed by atoms with Crippen LogP contribution in [0, 0.1) is 0 Å². The number of para-hydroxylation sites is 1. The molecule has 3 rings (SSSR count). The standard InChI is InChI=1S/C23H23N3O2/c1-17(24-23(28)18-8-4-2-5-9-18)16-22(27)26-21-14-12-20(13-15-21)25-19-10-6-3-7-11-19/h2-15,17,25H,16H2,1H3,(H,24,28)(H,26,27)/t17-/m1/s1. The highest BCUT2D eigenvalue weighted by Crippen LogP contribution is 2.18. The maximum absolute atomic E-state index is 12.2. The number of anilines is 3. The summed E-state index contributed by atoms with van der Waals surface area (Å²) in [7, 11) is 0. The summed E-state index contributed by atoms with van der Waals surface area (Å²) in [5, 5.41) is 8.99. The van der Waals surface area contributed by atoms with Crippen LogP contribution in [0.15, 0.2) is 84.9 Å². The summed E-state index contributed by atoms with van der Waals surface area (Å²) >= 11 is 0. The summed E-state index contributed by atoms with van der Waals surface area (Å²) in [5.41, 5.74) is 3.23. The molecule has 0 radical (unpaired) electrons. The zero-order valence-electron chi connectivity index (χ0n) is 15.7. The normalized spacial score (nSPS) is 11.3. The van der Waals surface area contributed by atoms with E-state index in [0.717, 1.165) is 11.4 Å². The van der Waals surface area contributed by atoms with E-state index in [1.165, 1.54) is 0 Å². The number of hydrogen-bond acceptors (Lipinski definition) is 3. The first kappa shape index (κ1) is 19.2. The van der Waals surface area contributed by atoms with Crippen molar-refractivity contribution < 1.29 is 9.59 Å². The van der Waals surface area contributed by atoms with Gasteiger partial charge in [-0.15, -0.1) is 0 Å². The molecular formula is C23H23N3O2. The monoisotopic (exact) mass is 373 g/mol. The van der Waals surface area contributed by atoms with E-state index in [-0.39, 0.29) is 24.3 Å². The molecule has 0 saturated heterocycles. The molecule has 0 aromatic heterocycles. The summed E-state index contributed by atoms with van der Waals surface area (Å²) in [6, 6.07) is 26.1. The van der Waals surface area contributed by atoms with Crippen LogP contribution in [0.5, 0.6) is 0 Å². The van der Waals surface area contributed by atoms with Crippen LogP contribution in [-0.4, -0.2) is 17.9 Å². The van der Waals surface area contributed by atoms with Gasteiger partial charge in [0, 0.05) is 35.1 Å². The van der Waals surface area contributed by atoms with Crippen molar-refractivity contribution in [3.8, 4) is 0 Å². The number of hydrogen-bond donors (Lipinski definition) is 3. The number of carbonyl (C=O) groups is 2. The van der Waals surface area contributed by atoms with Crippen LogP contribution in [0.3, 0.4) is 0 Å². The quantitative estimate of drug-likeness (QED) is 0.568. The Kier molecular flexibility index (Phi) is 6.41. The Bertz CT molecular complexity index is 910. The molecular weight excluding hydrogens is 350 g/mol. The molecule has 0 aliphatic rings. The van der Waals surface area contributed by atoms with Crippen LogP contribution in [0.4, 0.5) is 17.1 Å². The molecule has 0 spiro atoms. The van der Waals surface area contributed by atoms with Crippen molar-refractivity contribution in [2.45, 2.75) is 19.4 Å². The molecule has 5 nitrogen and oxygen atoms in total. The second-order valence-corrected chi connectivity index (χ2v) is 6.56. The SMILES string of the molecule is C[C@H](CC(=O)Nc1ccc(Nc2ccccc2)cc1)NC(=O)c1ccccc1. The lowest BCUT2D eigenvalue weighted by Crippen LogP contribution is -2.35. The number of rotatable bonds is 7. The number of benzene rings is 3. The zero-order chi connectivity index (χ0) is 19.8. The van der Waals surface area contributed by atoms with E-state index in [2.05, 4.69) is 16.0 Å². The van der Waals surface area contributed by atoms with Crippen LogP contribution < -0.4 is 16.0 Å². The molecule has 2 amide bonds. The van der Waals surface area contributed by atoms with Crippen molar-refractivity contribution in [1.29, 1.82) is 0 Å². The lowest BCUT2D eigenvalue weighted by atomic mass is 10.1. The number of amides is 2. The van der Waals surface area contributed by atoms with Gasteiger partial charge in [-0.25, -0.2) is 0 Å². The van der Waals surface area contributed by atoms with Gasteiger partial charge >= 0.3 is 0 Å². The van der Waals surface area contributed by atoms with E-state index in [0.29, 0.717) is 11.3 Å². The minimum absolute atomic E-state index is 0.148. The molecule has 3 aromatic carbocycles. The van der Waals surface area contributed by atoms with Crippen LogP contribution in [-0.2, 0) is 4.79 Å². The van der Waals surface area contributed by atoms with Crippen LogP contribution in [0.25, 0.3) is 0 Å². The second kappa shape index (κ2) is 9.37. The maximum atomic E-state index is 12.2. The fourth-order valence-electron chi connectivity index (χ4n) is 2.76. The van der Waals surface area contributed by atoms with Crippen LogP contribution in [0.2, 0.25) is 0 Å². The first-order chi connectivity index (χ1) is 13.6. The lowest BCUT2D eigenvalue weighted by molar-refractivity contribution is -0.116. The van der Waals surface area contributed by atoms with E-state index >= 15 is 0 Å². The fourth-order valence-corrected chi connectivity index (χ4v) is 2.76. The van der Waals surface area contributed by atoms with Gasteiger partial charge in [-0.2, -0.15) is 0 Å². The van der Waals surface area contributed by atoms with E-state index in [1.807, 2.05) is 79.7 Å². The highest BCUT2D eigenvalue weighted by molar-refractivity contribution is 5.95. The van der Waals surface area contributed by atoms with Crippen molar-refractivity contribution >= 4 is 28.9 Å². The number of nitrogens with one attached hydrogen (secondary N) is 3. The summed E-state index contributed by atoms with van der Waals surface area (Å²) < 4.78 is 0. The average molecular weight is 373 g/mol. The van der Waals surface area contributed by atoms with Gasteiger partial charge < -0.3 is 16.0 Å². The third-order valence-corrected chi connectivity index (χ3v) is 4.14. The van der Waals surface area contributed by atoms with Crippen molar-refractivity contribution in [2.75, 3.05) is 10.6 Å². The molecule has 28 heavy (non-hydrogen) atoms. The molecule has 0 aliphatic carbocycles. The lowest BCUT2D eigenvalue weighted by Gasteiger charge is -2.14. The minimum Gasteiger partial charge on any atom is -0.356 e. The average Bonchev–Trinajstić information content (AvgIpc) is 2.70. The van der Waals surface area contributed by atoms with Crippen LogP contribution in [0.1, 0.15) is 23.7 Å². The van der Waals surface area contributed by atoms with E-state index in [9.17, 15) is 9.59 Å². The predicted molar refractivity (Wildman–Crippen MR) is 113 cm³/mol. The molecule has 0 unspecified atom stereocenters. The predicted octanol–water partition coefficient (Wildman–Crippen LogP) is 4.58. The first-order valence-corrected chi connectivity index (χ1v) is 9.18. The van der Waals surface area contributed by atoms with Gasteiger partial charge in [0.05, 0.1) is 0 Å². The van der Waals surface area contributed by atoms with E-state index < -0.39 is 0 Å². The first-order valence-electron chi connectivity index (χ1n) is 9.18. The van der Waals surface area contributed by atoms with Crippen molar-refractivity contribution in [1.82, 2.24) is 5.32 Å². The topological polar surface area (TPSA) is 70.2 Å². The third-order valence-electron chi connectivity index (χ3n) is 4.14. The highest BCUT2D eigenvalue weighted by atomic mass is 16.2. The Morgan fingerprint density at radius 2 is 1.29 bits per heavy atom. The van der Waals surface area contributed by atoms with Crippen molar-refractivity contribution in [3.63, 3.8) is 0 Å². The Balaban J connectivity index is 1.48. The summed E-state index contributed by atoms with van der Waals surface area (Å²) in [6.07, 6.45) is 0.197. The molecule has 3 aromatic rings. The van der Waals surface area contributed by atoms with Gasteiger partial charge in [0.15, 0.2) is 0 Å². The van der Waals surface area contributed by atoms with Gasteiger partial charge in [0.2, 0.25) is 5.91 Å². The zero-order valence-corrected chi connectivity index (χ0v) is 15.7. The Morgan fingerprint density at radius 3 is 1.93 bits per heavy atom. The third kappa shape index (κ3) is 5.71. The van der Waals surface area contributed by atoms with Crippen molar-refractivity contribution in [3.05, 3.63) is 90.5 Å². The molecule has 5 heteroatoms. The summed E-state index contributed by atoms with van der Waals surface area (Å²) in [6.45, 7) is 1.81. The molecule has 0 heterocycles. The molecule has 0 saturated carbocycles. The summed E-state index contributed by atoms with van der Waals surface area (Å²) in [5.74, 6) is -0.332. The Hall–Kier alpha value is -3.60. The van der Waals surface area contributed by atoms with Gasteiger partial charge in [-0.1, -0.05) is 36.4 Å². The van der Waals surface area contributed by atoms with Gasteiger partial charge in [-0.3, -0.25) is 9.59 Å². The molecule has 3 N–H and O–H groups in total. The van der Waals surface area contributed by atoms with E-state index in [1.54, 1.807) is 12.1 Å². The van der Waals surface area contributed by atoms with Gasteiger partial charge in [-0.05, 0) is 55.5 Å². The highest BCUT2D eigenvalue weighted by Gasteiger charge is 2.13. The Labute approximate surface area is 164 Å². The second-order valence-electron chi connectivity index (χ2n) is 6.56. The molecule has 142 valence electrons. The fraction of sp³-hybridized carbons (Fsp3) is 0.130. The molecule has 0 fully saturated rings. The molecule has 0 bridgehead atoms. The largest absolute Gasteiger partial charge is 0.356 e. The summed E-state index contributed by atoms with van der Waals surface area (Å²) in [4.78, 5) is 24.4. The maximum Gasteiger partial charge on any atom is 0.251 e. The number of carbonyl (C=O) groups excluding carboxylic acids is 2. The minimum atomic E-state index is -0.272. The molecule has 1 atom stereocenters. The molecule has 0 aliphatic heterocycles. The van der Waals surface area contributed by atoms with Gasteiger partial charge in [0.25, 0.3) is 5.91 Å². The Morgan fingerprint density at radius 1 is 0.750 bits per heavy atom. The van der Waals surface area contributed by atoms with E-state index in [4.69, 9.17) is 0 Å².